The standard InChI is InChI=1S/2Co.2Fe.S2/c;;;;1-2/q;;;;-2. The van der Waals surface area contributed by atoms with E-state index >= 15 is 0 Å². The predicted molar refractivity (Wildman–Crippen MR) is 14.7 cm³/mol. The molecule has 0 bridgehead atoms. The summed E-state index contributed by atoms with van der Waals surface area (Å²) in [7, 11) is 0. The molecule has 0 spiro atoms. The van der Waals surface area contributed by atoms with Gasteiger partial charge < -0.3 is 23.3 Å². The van der Waals surface area contributed by atoms with Crippen LogP contribution in [0.4, 0.5) is 0 Å². The minimum atomic E-state index is 0. The summed E-state index contributed by atoms with van der Waals surface area (Å²) in [5.41, 5.74) is 0. The first-order chi connectivity index (χ1) is 1.00. The van der Waals surface area contributed by atoms with Crippen LogP contribution < -0.4 is 0 Å². The van der Waals surface area contributed by atoms with Crippen molar-refractivity contribution in [2.75, 3.05) is 0 Å². The van der Waals surface area contributed by atoms with E-state index in [0.717, 1.165) is 0 Å². The third kappa shape index (κ3) is 29.5. The minimum Gasteiger partial charge on any atom is -1.00 e. The molecule has 0 aromatic heterocycles. The van der Waals surface area contributed by atoms with Crippen LogP contribution in [0, 0.1) is 0 Å². The Morgan fingerprint density at radius 1 is 0.667 bits per heavy atom. The van der Waals surface area contributed by atoms with E-state index in [1.54, 1.807) is 0 Å². The Kier molecular flexibility index (Phi) is 291. The largest absolute Gasteiger partial charge is 1.00 e. The number of hydrogen-bond donors (Lipinski definition) is 0. The van der Waals surface area contributed by atoms with Gasteiger partial charge in [-0.25, -0.2) is 0 Å². The molecule has 0 aliphatic rings. The van der Waals surface area contributed by atoms with Crippen molar-refractivity contribution in [2.24, 2.45) is 0 Å². The maximum atomic E-state index is 3.67. The molecule has 0 saturated carbocycles. The minimum absolute atomic E-state index is 0. The van der Waals surface area contributed by atoms with Crippen molar-refractivity contribution in [3.63, 3.8) is 0 Å². The Labute approximate surface area is 89.9 Å². The predicted octanol–water partition coefficient (Wildman–Crippen LogP) is -0.0148. The summed E-state index contributed by atoms with van der Waals surface area (Å²) in [5, 5.41) is 0. The Morgan fingerprint density at radius 2 is 0.667 bits per heavy atom. The van der Waals surface area contributed by atoms with E-state index in [9.17, 15) is 0 Å². The summed E-state index contributed by atoms with van der Waals surface area (Å²) in [6, 6.07) is 0. The first kappa shape index (κ1) is 37.4. The smallest absolute Gasteiger partial charge is 0 e. The van der Waals surface area contributed by atoms with Gasteiger partial charge in [0.1, 0.15) is 0 Å². The fourth-order valence-electron chi connectivity index (χ4n) is 0. The monoisotopic (exact) mass is 294 g/mol. The first-order valence-corrected chi connectivity index (χ1v) is 1.50. The molecule has 0 unspecified atom stereocenters. The van der Waals surface area contributed by atoms with Gasteiger partial charge in [-0.15, -0.1) is 0 Å². The van der Waals surface area contributed by atoms with Gasteiger partial charge in [-0.1, -0.05) is 0 Å². The second kappa shape index (κ2) is 46.7. The Hall–Kier alpha value is 2.75. The van der Waals surface area contributed by atoms with Gasteiger partial charge in [-0.3, -0.25) is 0 Å². The number of rotatable bonds is 0. The Morgan fingerprint density at radius 3 is 0.667 bits per heavy atom. The maximum absolute atomic E-state index is 3.67. The average Bonchev–Trinajstić information content (AvgIpc) is 1.00. The van der Waals surface area contributed by atoms with Crippen LogP contribution in [0.5, 0.6) is 0 Å². The van der Waals surface area contributed by atoms with Crippen LogP contribution in [0.15, 0.2) is 0 Å². The van der Waals surface area contributed by atoms with Crippen LogP contribution in [-0.2, 0) is 91.0 Å². The van der Waals surface area contributed by atoms with Crippen molar-refractivity contribution in [1.82, 2.24) is 0 Å². The summed E-state index contributed by atoms with van der Waals surface area (Å²) >= 11 is 7.33. The third-order valence-electron chi connectivity index (χ3n) is 0. The van der Waals surface area contributed by atoms with Gasteiger partial charge in [0, 0.05) is 67.7 Å². The van der Waals surface area contributed by atoms with Gasteiger partial charge >= 0.3 is 0 Å². The topological polar surface area (TPSA) is 0 Å². The second-order valence-electron chi connectivity index (χ2n) is 0. The van der Waals surface area contributed by atoms with E-state index < -0.39 is 0 Å². The fourth-order valence-corrected chi connectivity index (χ4v) is 0. The molecular weight excluding hydrogens is 294 g/mol. The van der Waals surface area contributed by atoms with Crippen LogP contribution in [0.3, 0.4) is 0 Å². The molecule has 0 fully saturated rings. The van der Waals surface area contributed by atoms with Crippen molar-refractivity contribution in [3.8, 4) is 0 Å². The van der Waals surface area contributed by atoms with Crippen LogP contribution >= 0.6 is 0 Å². The average molecular weight is 294 g/mol. The molecule has 0 rings (SSSR count). The Balaban J connectivity index is -0.000000000833. The van der Waals surface area contributed by atoms with Crippen LogP contribution in [0.1, 0.15) is 0 Å². The summed E-state index contributed by atoms with van der Waals surface area (Å²) in [6.07, 6.45) is 0. The molecular formula is Co2Fe2S2-2. The van der Waals surface area contributed by atoms with Crippen molar-refractivity contribution in [1.29, 1.82) is 0 Å². The summed E-state index contributed by atoms with van der Waals surface area (Å²) in [4.78, 5) is 0. The summed E-state index contributed by atoms with van der Waals surface area (Å²) in [6.45, 7) is 0. The van der Waals surface area contributed by atoms with Gasteiger partial charge in [0.05, 0.1) is 0 Å². The van der Waals surface area contributed by atoms with Gasteiger partial charge in [0.25, 0.3) is 0 Å². The molecule has 0 saturated heterocycles. The van der Waals surface area contributed by atoms with Crippen molar-refractivity contribution < 1.29 is 67.7 Å². The van der Waals surface area contributed by atoms with E-state index in [4.69, 9.17) is 0 Å². The van der Waals surface area contributed by atoms with E-state index in [1.807, 2.05) is 0 Å². The molecule has 0 aromatic carbocycles. The molecule has 6 heteroatoms. The fraction of sp³-hybridized carbons (Fsp3) is 0. The molecule has 0 N–H and O–H groups in total. The number of hydrogen-bond acceptors (Lipinski definition) is 2. The Bertz CT molecular complexity index is 9.51. The normalized spacial score (nSPS) is 1.00. The van der Waals surface area contributed by atoms with E-state index in [-0.39, 0.29) is 67.7 Å². The van der Waals surface area contributed by atoms with E-state index in [2.05, 4.69) is 23.3 Å². The SMILES string of the molecule is [Co].[Co].[Fe].[Fe].[S-][S-]. The molecule has 0 aromatic rings. The molecule has 2 radical (unpaired) electrons. The van der Waals surface area contributed by atoms with Crippen molar-refractivity contribution >= 4 is 23.3 Å². The summed E-state index contributed by atoms with van der Waals surface area (Å²) in [5.74, 6) is 0. The van der Waals surface area contributed by atoms with Gasteiger partial charge in [-0.2, -0.15) is 0 Å². The molecule has 0 amide bonds. The van der Waals surface area contributed by atoms with Gasteiger partial charge in [0.2, 0.25) is 0 Å². The van der Waals surface area contributed by atoms with Crippen molar-refractivity contribution in [2.45, 2.75) is 0 Å². The van der Waals surface area contributed by atoms with Crippen LogP contribution in [0.25, 0.3) is 0 Å². The second-order valence-corrected chi connectivity index (χ2v) is 0. The molecule has 0 nitrogen and oxygen atoms in total. The zero-order valence-corrected chi connectivity index (χ0v) is 8.11. The van der Waals surface area contributed by atoms with Gasteiger partial charge in [-0.05, 0) is 0 Å². The molecule has 0 aliphatic carbocycles. The maximum Gasteiger partial charge on any atom is 0 e. The molecule has 48 valence electrons. The molecule has 0 heterocycles. The van der Waals surface area contributed by atoms with Crippen LogP contribution in [-0.4, -0.2) is 0 Å². The molecule has 6 heavy (non-hydrogen) atoms. The van der Waals surface area contributed by atoms with E-state index in [1.165, 1.54) is 0 Å². The van der Waals surface area contributed by atoms with E-state index in [0.29, 0.717) is 0 Å². The van der Waals surface area contributed by atoms with Gasteiger partial charge in [0.15, 0.2) is 0 Å². The third-order valence-corrected chi connectivity index (χ3v) is 0. The molecule has 0 aliphatic heterocycles. The van der Waals surface area contributed by atoms with Crippen LogP contribution in [0.2, 0.25) is 0 Å². The quantitative estimate of drug-likeness (QED) is 0.350. The zero-order valence-electron chi connectivity index (χ0n) is 2.19. The zero-order chi connectivity index (χ0) is 2.00. The van der Waals surface area contributed by atoms with Crippen molar-refractivity contribution in [3.05, 3.63) is 0 Å². The summed E-state index contributed by atoms with van der Waals surface area (Å²) < 4.78 is 0. The molecule has 0 atom stereocenters. The first-order valence-electron chi connectivity index (χ1n) is 0.167.